The van der Waals surface area contributed by atoms with Gasteiger partial charge in [-0.2, -0.15) is 0 Å². The summed E-state index contributed by atoms with van der Waals surface area (Å²) in [7, 11) is 0. The smallest absolute Gasteiger partial charge is 0.227 e. The second kappa shape index (κ2) is 6.55. The van der Waals surface area contributed by atoms with E-state index in [-0.39, 0.29) is 11.9 Å². The SMILES string of the molecule is N[C@@H]1CCC[C@H]1CC(=O)Nc1nc2ccccc2n1C1CCCC1. The Labute approximate surface area is 142 Å². The van der Waals surface area contributed by atoms with Crippen molar-refractivity contribution in [3.63, 3.8) is 0 Å². The van der Waals surface area contributed by atoms with Crippen molar-refractivity contribution in [2.45, 2.75) is 63.5 Å². The van der Waals surface area contributed by atoms with Crippen molar-refractivity contribution in [3.8, 4) is 0 Å². The second-order valence-electron chi connectivity index (χ2n) is 7.34. The number of fused-ring (bicyclic) bond motifs is 1. The number of nitrogens with zero attached hydrogens (tertiary/aromatic N) is 2. The molecule has 3 N–H and O–H groups in total. The summed E-state index contributed by atoms with van der Waals surface area (Å²) in [6.07, 6.45) is 8.58. The van der Waals surface area contributed by atoms with Gasteiger partial charge in [-0.3, -0.25) is 10.1 Å². The van der Waals surface area contributed by atoms with E-state index in [4.69, 9.17) is 10.7 Å². The molecule has 0 radical (unpaired) electrons. The Bertz CT molecular complexity index is 732. The molecule has 2 aromatic rings. The predicted molar refractivity (Wildman–Crippen MR) is 95.8 cm³/mol. The fourth-order valence-corrected chi connectivity index (χ4v) is 4.40. The zero-order valence-electron chi connectivity index (χ0n) is 14.1. The fraction of sp³-hybridized carbons (Fsp3) is 0.579. The van der Waals surface area contributed by atoms with Crippen LogP contribution in [0.15, 0.2) is 24.3 Å². The van der Waals surface area contributed by atoms with E-state index in [1.807, 2.05) is 18.2 Å². The average Bonchev–Trinajstić information content (AvgIpc) is 3.27. The lowest BCUT2D eigenvalue weighted by Crippen LogP contribution is -2.29. The van der Waals surface area contributed by atoms with Gasteiger partial charge in [0.15, 0.2) is 0 Å². The second-order valence-corrected chi connectivity index (χ2v) is 7.34. The van der Waals surface area contributed by atoms with Crippen molar-refractivity contribution >= 4 is 22.9 Å². The van der Waals surface area contributed by atoms with Crippen LogP contribution in [0.25, 0.3) is 11.0 Å². The molecule has 4 rings (SSSR count). The minimum absolute atomic E-state index is 0.0481. The van der Waals surface area contributed by atoms with Crippen LogP contribution >= 0.6 is 0 Å². The minimum Gasteiger partial charge on any atom is -0.327 e. The number of rotatable bonds is 4. The molecule has 24 heavy (non-hydrogen) atoms. The van der Waals surface area contributed by atoms with Gasteiger partial charge in [0, 0.05) is 18.5 Å². The molecule has 128 valence electrons. The van der Waals surface area contributed by atoms with E-state index in [1.165, 1.54) is 12.8 Å². The lowest BCUT2D eigenvalue weighted by molar-refractivity contribution is -0.117. The average molecular weight is 326 g/mol. The number of para-hydroxylation sites is 2. The van der Waals surface area contributed by atoms with Crippen molar-refractivity contribution in [2.75, 3.05) is 5.32 Å². The molecule has 2 fully saturated rings. The number of hydrogen-bond acceptors (Lipinski definition) is 3. The van der Waals surface area contributed by atoms with E-state index in [0.717, 1.165) is 43.1 Å². The summed E-state index contributed by atoms with van der Waals surface area (Å²) in [5.41, 5.74) is 8.19. The molecule has 2 aliphatic rings. The first-order chi connectivity index (χ1) is 11.7. The first-order valence-electron chi connectivity index (χ1n) is 9.25. The summed E-state index contributed by atoms with van der Waals surface area (Å²) in [6.45, 7) is 0. The molecule has 5 heteroatoms. The van der Waals surface area contributed by atoms with Crippen molar-refractivity contribution in [2.24, 2.45) is 11.7 Å². The van der Waals surface area contributed by atoms with Crippen LogP contribution in [0.5, 0.6) is 0 Å². The highest BCUT2D eigenvalue weighted by Gasteiger charge is 2.28. The molecule has 0 unspecified atom stereocenters. The molecule has 0 spiro atoms. The normalized spacial score (nSPS) is 24.7. The molecule has 1 aromatic heterocycles. The third-order valence-corrected chi connectivity index (χ3v) is 5.70. The van der Waals surface area contributed by atoms with Gasteiger partial charge in [-0.1, -0.05) is 31.4 Å². The summed E-state index contributed by atoms with van der Waals surface area (Å²) in [5, 5.41) is 3.08. The monoisotopic (exact) mass is 326 g/mol. The van der Waals surface area contributed by atoms with Gasteiger partial charge in [-0.15, -0.1) is 0 Å². The number of carbonyl (C=O) groups excluding carboxylic acids is 1. The molecule has 2 saturated carbocycles. The van der Waals surface area contributed by atoms with Crippen LogP contribution < -0.4 is 11.1 Å². The summed E-state index contributed by atoms with van der Waals surface area (Å²) >= 11 is 0. The first kappa shape index (κ1) is 15.6. The van der Waals surface area contributed by atoms with E-state index in [1.54, 1.807) is 0 Å². The van der Waals surface area contributed by atoms with Crippen molar-refractivity contribution < 1.29 is 4.79 Å². The predicted octanol–water partition coefficient (Wildman–Crippen LogP) is 3.61. The number of imidazole rings is 1. The number of nitrogens with two attached hydrogens (primary N) is 1. The molecule has 0 bridgehead atoms. The fourth-order valence-electron chi connectivity index (χ4n) is 4.40. The summed E-state index contributed by atoms with van der Waals surface area (Å²) in [4.78, 5) is 17.2. The molecule has 0 saturated heterocycles. The molecule has 0 aliphatic heterocycles. The molecule has 1 amide bonds. The largest absolute Gasteiger partial charge is 0.327 e. The minimum atomic E-state index is 0.0481. The number of nitrogens with one attached hydrogen (secondary N) is 1. The third kappa shape index (κ3) is 2.93. The van der Waals surface area contributed by atoms with Crippen LogP contribution in [0.4, 0.5) is 5.95 Å². The number of amides is 1. The quantitative estimate of drug-likeness (QED) is 0.901. The van der Waals surface area contributed by atoms with Gasteiger partial charge in [-0.05, 0) is 43.7 Å². The van der Waals surface area contributed by atoms with E-state index in [0.29, 0.717) is 24.3 Å². The number of benzene rings is 1. The number of anilines is 1. The van der Waals surface area contributed by atoms with Crippen molar-refractivity contribution in [1.29, 1.82) is 0 Å². The Balaban J connectivity index is 1.58. The maximum absolute atomic E-state index is 12.5. The van der Waals surface area contributed by atoms with Crippen molar-refractivity contribution in [1.82, 2.24) is 9.55 Å². The zero-order valence-corrected chi connectivity index (χ0v) is 14.1. The van der Waals surface area contributed by atoms with E-state index >= 15 is 0 Å². The Kier molecular flexibility index (Phi) is 4.27. The van der Waals surface area contributed by atoms with Crippen LogP contribution in [0.3, 0.4) is 0 Å². The summed E-state index contributed by atoms with van der Waals surface area (Å²) < 4.78 is 2.24. The molecule has 1 heterocycles. The van der Waals surface area contributed by atoms with Gasteiger partial charge in [-0.25, -0.2) is 4.98 Å². The van der Waals surface area contributed by atoms with E-state index in [2.05, 4.69) is 16.0 Å². The first-order valence-corrected chi connectivity index (χ1v) is 9.25. The Morgan fingerprint density at radius 1 is 1.17 bits per heavy atom. The van der Waals surface area contributed by atoms with Gasteiger partial charge in [0.2, 0.25) is 11.9 Å². The molecular weight excluding hydrogens is 300 g/mol. The zero-order chi connectivity index (χ0) is 16.5. The Morgan fingerprint density at radius 3 is 2.71 bits per heavy atom. The Morgan fingerprint density at radius 2 is 1.96 bits per heavy atom. The van der Waals surface area contributed by atoms with Gasteiger partial charge in [0.1, 0.15) is 0 Å². The summed E-state index contributed by atoms with van der Waals surface area (Å²) in [5.74, 6) is 1.07. The topological polar surface area (TPSA) is 72.9 Å². The Hall–Kier alpha value is -1.88. The number of carbonyl (C=O) groups is 1. The van der Waals surface area contributed by atoms with Gasteiger partial charge in [0.25, 0.3) is 0 Å². The van der Waals surface area contributed by atoms with Gasteiger partial charge < -0.3 is 10.3 Å². The number of aromatic nitrogens is 2. The number of hydrogen-bond donors (Lipinski definition) is 2. The molecule has 2 aliphatic carbocycles. The maximum atomic E-state index is 12.5. The van der Waals surface area contributed by atoms with Crippen LogP contribution in [0.2, 0.25) is 0 Å². The standard InChI is InChI=1S/C19H26N4O/c20-15-9-5-6-13(15)12-18(24)22-19-21-16-10-3-4-11-17(16)23(19)14-7-1-2-8-14/h3-4,10-11,13-15H,1-2,5-9,12,20H2,(H,21,22,24)/t13-,15+/m0/s1. The highest BCUT2D eigenvalue weighted by molar-refractivity contribution is 5.91. The van der Waals surface area contributed by atoms with E-state index in [9.17, 15) is 4.79 Å². The highest BCUT2D eigenvalue weighted by Crippen LogP contribution is 2.35. The summed E-state index contributed by atoms with van der Waals surface area (Å²) in [6, 6.07) is 8.77. The molecular formula is C19H26N4O. The lowest BCUT2D eigenvalue weighted by Gasteiger charge is -2.18. The van der Waals surface area contributed by atoms with E-state index < -0.39 is 0 Å². The molecule has 5 nitrogen and oxygen atoms in total. The highest BCUT2D eigenvalue weighted by atomic mass is 16.1. The van der Waals surface area contributed by atoms with Crippen LogP contribution in [-0.2, 0) is 4.79 Å². The van der Waals surface area contributed by atoms with Crippen LogP contribution in [0, 0.1) is 5.92 Å². The van der Waals surface area contributed by atoms with Crippen LogP contribution in [0.1, 0.15) is 57.4 Å². The van der Waals surface area contributed by atoms with Crippen molar-refractivity contribution in [3.05, 3.63) is 24.3 Å². The molecule has 2 atom stereocenters. The van der Waals surface area contributed by atoms with Gasteiger partial charge in [0.05, 0.1) is 11.0 Å². The maximum Gasteiger partial charge on any atom is 0.227 e. The van der Waals surface area contributed by atoms with Gasteiger partial charge >= 0.3 is 0 Å². The molecule has 1 aromatic carbocycles. The van der Waals surface area contributed by atoms with Crippen LogP contribution in [-0.4, -0.2) is 21.5 Å². The third-order valence-electron chi connectivity index (χ3n) is 5.70. The lowest BCUT2D eigenvalue weighted by atomic mass is 10.00.